The minimum Gasteiger partial charge on any atom is -0.383 e. The van der Waals surface area contributed by atoms with Crippen LogP contribution in [0.4, 0.5) is 5.69 Å². The van der Waals surface area contributed by atoms with Gasteiger partial charge in [0.1, 0.15) is 0 Å². The van der Waals surface area contributed by atoms with Crippen LogP contribution in [0.3, 0.4) is 0 Å². The zero-order valence-electron chi connectivity index (χ0n) is 18.9. The van der Waals surface area contributed by atoms with E-state index in [0.717, 1.165) is 29.2 Å². The molecule has 4 rings (SSSR count). The van der Waals surface area contributed by atoms with Crippen LogP contribution in [0.15, 0.2) is 67.0 Å². The molecule has 0 spiro atoms. The van der Waals surface area contributed by atoms with Gasteiger partial charge in [-0.2, -0.15) is 0 Å². The van der Waals surface area contributed by atoms with Crippen LogP contribution in [0.2, 0.25) is 0 Å². The Hall–Kier alpha value is -3.23. The standard InChI is InChI=1S/C25H29N5O2S/c1-18-7-5-8-19(17-18)27-22(31)11-14-30-24(21-10-6-13-29(21)15-16-32-2)23(28-25(30)33)20-9-3-4-12-26-20/h3-10,12-13,17,23-24H,11,14-16H2,1-2H3,(H,27,31)(H,28,33)/t23-,24+/m1/s1. The van der Waals surface area contributed by atoms with Crippen molar-refractivity contribution in [1.82, 2.24) is 19.8 Å². The van der Waals surface area contributed by atoms with Crippen LogP contribution in [0.1, 0.15) is 35.5 Å². The lowest BCUT2D eigenvalue weighted by Crippen LogP contribution is -2.33. The number of aryl methyl sites for hydroxylation is 1. The second kappa shape index (κ2) is 10.6. The van der Waals surface area contributed by atoms with Gasteiger partial charge < -0.3 is 24.8 Å². The van der Waals surface area contributed by atoms with Crippen molar-refractivity contribution in [3.63, 3.8) is 0 Å². The van der Waals surface area contributed by atoms with E-state index in [4.69, 9.17) is 17.0 Å². The van der Waals surface area contributed by atoms with Crippen LogP contribution in [0, 0.1) is 6.92 Å². The molecule has 1 fully saturated rings. The molecule has 0 saturated carbocycles. The highest BCUT2D eigenvalue weighted by Crippen LogP contribution is 2.38. The molecular weight excluding hydrogens is 434 g/mol. The number of anilines is 1. The van der Waals surface area contributed by atoms with Crippen LogP contribution in [-0.2, 0) is 16.1 Å². The second-order valence-corrected chi connectivity index (χ2v) is 8.49. The predicted molar refractivity (Wildman–Crippen MR) is 133 cm³/mol. The quantitative estimate of drug-likeness (QED) is 0.470. The number of ether oxygens (including phenoxy) is 1. The Morgan fingerprint density at radius 1 is 1.18 bits per heavy atom. The molecule has 1 amide bonds. The average Bonchev–Trinajstić information content (AvgIpc) is 3.40. The summed E-state index contributed by atoms with van der Waals surface area (Å²) < 4.78 is 7.48. The number of pyridine rings is 1. The Balaban J connectivity index is 1.55. The van der Waals surface area contributed by atoms with Crippen molar-refractivity contribution in [3.8, 4) is 0 Å². The van der Waals surface area contributed by atoms with E-state index in [9.17, 15) is 4.79 Å². The molecule has 0 bridgehead atoms. The number of rotatable bonds is 9. The van der Waals surface area contributed by atoms with E-state index < -0.39 is 0 Å². The number of carbonyl (C=O) groups excluding carboxylic acids is 1. The van der Waals surface area contributed by atoms with E-state index in [1.165, 1.54) is 0 Å². The molecule has 8 heteroatoms. The number of carbonyl (C=O) groups is 1. The van der Waals surface area contributed by atoms with Crippen molar-refractivity contribution >= 4 is 28.9 Å². The van der Waals surface area contributed by atoms with Crippen molar-refractivity contribution in [2.24, 2.45) is 0 Å². The summed E-state index contributed by atoms with van der Waals surface area (Å²) in [5.74, 6) is -0.0433. The number of thiocarbonyl (C=S) groups is 1. The normalized spacial score (nSPS) is 17.8. The van der Waals surface area contributed by atoms with Gasteiger partial charge in [-0.3, -0.25) is 9.78 Å². The molecule has 3 aromatic rings. The number of amides is 1. The van der Waals surface area contributed by atoms with Gasteiger partial charge in [0, 0.05) is 50.4 Å². The zero-order valence-corrected chi connectivity index (χ0v) is 19.7. The highest BCUT2D eigenvalue weighted by Gasteiger charge is 2.41. The lowest BCUT2D eigenvalue weighted by atomic mass is 10.0. The fourth-order valence-electron chi connectivity index (χ4n) is 4.23. The maximum Gasteiger partial charge on any atom is 0.226 e. The molecular formula is C25H29N5O2S. The molecule has 7 nitrogen and oxygen atoms in total. The molecule has 1 aliphatic heterocycles. The first kappa shape index (κ1) is 22.9. The molecule has 3 heterocycles. The third-order valence-corrected chi connectivity index (χ3v) is 6.14. The van der Waals surface area contributed by atoms with Crippen LogP contribution >= 0.6 is 12.2 Å². The summed E-state index contributed by atoms with van der Waals surface area (Å²) in [6.07, 6.45) is 4.16. The van der Waals surface area contributed by atoms with E-state index >= 15 is 0 Å². The molecule has 172 valence electrons. The topological polar surface area (TPSA) is 71.4 Å². The van der Waals surface area contributed by atoms with Crippen LogP contribution in [0.25, 0.3) is 0 Å². The van der Waals surface area contributed by atoms with Gasteiger partial charge >= 0.3 is 0 Å². The molecule has 33 heavy (non-hydrogen) atoms. The summed E-state index contributed by atoms with van der Waals surface area (Å²) in [6.45, 7) is 3.84. The molecule has 1 saturated heterocycles. The minimum absolute atomic E-state index is 0.0433. The minimum atomic E-state index is -0.116. The lowest BCUT2D eigenvalue weighted by Gasteiger charge is -2.28. The molecule has 2 aromatic heterocycles. The van der Waals surface area contributed by atoms with Crippen molar-refractivity contribution in [2.45, 2.75) is 32.0 Å². The van der Waals surface area contributed by atoms with Crippen LogP contribution in [-0.4, -0.2) is 45.7 Å². The molecule has 0 radical (unpaired) electrons. The van der Waals surface area contributed by atoms with Crippen molar-refractivity contribution < 1.29 is 9.53 Å². The summed E-state index contributed by atoms with van der Waals surface area (Å²) in [5.41, 5.74) is 3.93. The molecule has 2 N–H and O–H groups in total. The van der Waals surface area contributed by atoms with Gasteiger partial charge in [-0.1, -0.05) is 18.2 Å². The first-order valence-electron chi connectivity index (χ1n) is 11.1. The number of nitrogens with zero attached hydrogens (tertiary/aromatic N) is 3. The summed E-state index contributed by atoms with van der Waals surface area (Å²) in [7, 11) is 1.70. The smallest absolute Gasteiger partial charge is 0.226 e. The van der Waals surface area contributed by atoms with Crippen molar-refractivity contribution in [3.05, 3.63) is 83.9 Å². The Kier molecular flexibility index (Phi) is 7.36. The van der Waals surface area contributed by atoms with Gasteiger partial charge in [0.2, 0.25) is 5.91 Å². The predicted octanol–water partition coefficient (Wildman–Crippen LogP) is 3.84. The molecule has 0 unspecified atom stereocenters. The zero-order chi connectivity index (χ0) is 23.2. The van der Waals surface area contributed by atoms with Crippen molar-refractivity contribution in [1.29, 1.82) is 0 Å². The van der Waals surface area contributed by atoms with E-state index in [0.29, 0.717) is 24.7 Å². The van der Waals surface area contributed by atoms with Gasteiger partial charge in [0.15, 0.2) is 5.11 Å². The Morgan fingerprint density at radius 3 is 2.82 bits per heavy atom. The largest absolute Gasteiger partial charge is 0.383 e. The van der Waals surface area contributed by atoms with Gasteiger partial charge in [-0.15, -0.1) is 0 Å². The number of aromatic nitrogens is 2. The fraction of sp³-hybridized carbons (Fsp3) is 0.320. The highest BCUT2D eigenvalue weighted by atomic mass is 32.1. The average molecular weight is 464 g/mol. The number of benzene rings is 1. The fourth-order valence-corrected chi connectivity index (χ4v) is 4.56. The third kappa shape index (κ3) is 5.40. The van der Waals surface area contributed by atoms with E-state index in [-0.39, 0.29) is 18.0 Å². The van der Waals surface area contributed by atoms with Gasteiger partial charge in [-0.25, -0.2) is 0 Å². The van der Waals surface area contributed by atoms with Gasteiger partial charge in [0.05, 0.1) is 24.4 Å². The number of nitrogens with one attached hydrogen (secondary N) is 2. The number of methoxy groups -OCH3 is 1. The first-order chi connectivity index (χ1) is 16.1. The summed E-state index contributed by atoms with van der Waals surface area (Å²) in [5, 5.41) is 7.05. The summed E-state index contributed by atoms with van der Waals surface area (Å²) >= 11 is 5.72. The first-order valence-corrected chi connectivity index (χ1v) is 11.5. The van der Waals surface area contributed by atoms with E-state index in [2.05, 4.69) is 31.2 Å². The van der Waals surface area contributed by atoms with Gasteiger partial charge in [-0.05, 0) is 61.1 Å². The maximum atomic E-state index is 12.7. The Labute approximate surface area is 199 Å². The second-order valence-electron chi connectivity index (χ2n) is 8.11. The summed E-state index contributed by atoms with van der Waals surface area (Å²) in [4.78, 5) is 19.4. The third-order valence-electron chi connectivity index (χ3n) is 5.78. The maximum absolute atomic E-state index is 12.7. The molecule has 0 aliphatic carbocycles. The molecule has 1 aromatic carbocycles. The number of hydrogen-bond acceptors (Lipinski definition) is 4. The Morgan fingerprint density at radius 2 is 2.06 bits per heavy atom. The molecule has 1 aliphatic rings. The van der Waals surface area contributed by atoms with E-state index in [1.54, 1.807) is 13.3 Å². The van der Waals surface area contributed by atoms with Crippen LogP contribution in [0.5, 0.6) is 0 Å². The number of hydrogen-bond donors (Lipinski definition) is 2. The highest BCUT2D eigenvalue weighted by molar-refractivity contribution is 7.80. The summed E-state index contributed by atoms with van der Waals surface area (Å²) in [6, 6.07) is 17.6. The Bertz CT molecular complexity index is 1100. The van der Waals surface area contributed by atoms with Gasteiger partial charge in [0.25, 0.3) is 0 Å². The lowest BCUT2D eigenvalue weighted by molar-refractivity contribution is -0.116. The van der Waals surface area contributed by atoms with Crippen LogP contribution < -0.4 is 10.6 Å². The van der Waals surface area contributed by atoms with E-state index in [1.807, 2.05) is 61.7 Å². The van der Waals surface area contributed by atoms with Crippen molar-refractivity contribution in [2.75, 3.05) is 25.6 Å². The monoisotopic (exact) mass is 463 g/mol. The molecule has 2 atom stereocenters. The SMILES string of the molecule is COCCn1cccc1[C@H]1[C@@H](c2ccccn2)NC(=S)N1CCC(=O)Nc1cccc(C)c1.